The van der Waals surface area contributed by atoms with E-state index in [2.05, 4.69) is 25.8 Å². The summed E-state index contributed by atoms with van der Waals surface area (Å²) in [5, 5.41) is 7.97. The molecule has 1 amide bonds. The summed E-state index contributed by atoms with van der Waals surface area (Å²) in [6.07, 6.45) is 0.931. The van der Waals surface area contributed by atoms with Crippen LogP contribution in [0.25, 0.3) is 0 Å². The highest BCUT2D eigenvalue weighted by Gasteiger charge is 2.15. The molecule has 0 fully saturated rings. The van der Waals surface area contributed by atoms with E-state index in [1.165, 1.54) is 0 Å². The molecule has 0 radical (unpaired) electrons. The summed E-state index contributed by atoms with van der Waals surface area (Å²) >= 11 is 0. The first-order valence-corrected chi connectivity index (χ1v) is 8.44. The van der Waals surface area contributed by atoms with Gasteiger partial charge in [-0.3, -0.25) is 9.79 Å². The minimum Gasteiger partial charge on any atom is -0.385 e. The molecule has 0 heterocycles. The van der Waals surface area contributed by atoms with E-state index in [0.29, 0.717) is 19.1 Å². The second-order valence-corrected chi connectivity index (χ2v) is 5.77. The van der Waals surface area contributed by atoms with E-state index >= 15 is 0 Å². The van der Waals surface area contributed by atoms with E-state index in [4.69, 9.17) is 4.74 Å². The average Bonchev–Trinajstić information content (AvgIpc) is 2.65. The largest absolute Gasteiger partial charge is 0.385 e. The van der Waals surface area contributed by atoms with Gasteiger partial charge in [0.05, 0.1) is 12.2 Å². The predicted octanol–water partition coefficient (Wildman–Crippen LogP) is 1.18. The molecule has 0 spiro atoms. The number of likely N-dealkylation sites (N-methyl/N-ethyl adjacent to an activating group) is 1. The molecule has 0 aromatic heterocycles. The highest BCUT2D eigenvalue weighted by Crippen LogP contribution is 2.19. The minimum atomic E-state index is -1.63. The van der Waals surface area contributed by atoms with Crippen molar-refractivity contribution in [1.29, 1.82) is 0 Å². The topological polar surface area (TPSA) is 78.0 Å². The molecule has 0 saturated carbocycles. The van der Waals surface area contributed by atoms with Crippen LogP contribution in [0.15, 0.2) is 17.1 Å². The fraction of sp³-hybridized carbons (Fsp3) is 0.529. The van der Waals surface area contributed by atoms with E-state index in [-0.39, 0.29) is 6.54 Å². The number of anilines is 1. The third kappa shape index (κ3) is 8.27. The van der Waals surface area contributed by atoms with Gasteiger partial charge >= 0.3 is 0 Å². The summed E-state index contributed by atoms with van der Waals surface area (Å²) in [5.74, 6) is -4.63. The number of hydrogen-bond donors (Lipinski definition) is 3. The fourth-order valence-electron chi connectivity index (χ4n) is 2.16. The molecule has 10 heteroatoms. The van der Waals surface area contributed by atoms with Gasteiger partial charge in [-0.2, -0.15) is 0 Å². The molecular formula is C17H26F3N5O2. The van der Waals surface area contributed by atoms with E-state index in [0.717, 1.165) is 31.6 Å². The van der Waals surface area contributed by atoms with E-state index in [1.54, 1.807) is 14.2 Å². The van der Waals surface area contributed by atoms with Gasteiger partial charge in [-0.1, -0.05) is 0 Å². The second-order valence-electron chi connectivity index (χ2n) is 5.77. The Balaban J connectivity index is 2.36. The lowest BCUT2D eigenvalue weighted by molar-refractivity contribution is -0.115. The molecule has 0 saturated heterocycles. The predicted molar refractivity (Wildman–Crippen MR) is 98.3 cm³/mol. The highest BCUT2D eigenvalue weighted by atomic mass is 19.2. The van der Waals surface area contributed by atoms with Crippen molar-refractivity contribution in [1.82, 2.24) is 15.5 Å². The molecule has 1 aromatic carbocycles. The molecule has 0 aliphatic rings. The van der Waals surface area contributed by atoms with Gasteiger partial charge in [0.25, 0.3) is 0 Å². The maximum atomic E-state index is 13.5. The number of hydrogen-bond acceptors (Lipinski definition) is 4. The lowest BCUT2D eigenvalue weighted by Gasteiger charge is -2.18. The number of guanidine groups is 1. The Morgan fingerprint density at radius 2 is 1.93 bits per heavy atom. The Hall–Kier alpha value is -2.33. The van der Waals surface area contributed by atoms with Crippen LogP contribution in [0.2, 0.25) is 0 Å². The summed E-state index contributed by atoms with van der Waals surface area (Å²) in [6, 6.07) is 1.70. The number of rotatable bonds is 10. The molecule has 152 valence electrons. The maximum absolute atomic E-state index is 13.5. The Morgan fingerprint density at radius 3 is 2.59 bits per heavy atom. The van der Waals surface area contributed by atoms with Crippen molar-refractivity contribution in [3.05, 3.63) is 29.6 Å². The standard InChI is InChI=1S/C17H26F3N5O2/c1-21-17(22-7-9-25(2)8-4-10-27-3)23-11-14(26)24-13-6-5-12(18)15(19)16(13)20/h5-6H,4,7-11H2,1-3H3,(H,24,26)(H2,21,22,23). The van der Waals surface area contributed by atoms with Crippen molar-refractivity contribution in [2.45, 2.75) is 6.42 Å². The second kappa shape index (κ2) is 12.1. The van der Waals surface area contributed by atoms with Crippen LogP contribution >= 0.6 is 0 Å². The first kappa shape index (κ1) is 22.7. The molecule has 3 N–H and O–H groups in total. The third-order valence-corrected chi connectivity index (χ3v) is 3.62. The van der Waals surface area contributed by atoms with Gasteiger partial charge in [-0.15, -0.1) is 0 Å². The van der Waals surface area contributed by atoms with Gasteiger partial charge in [-0.25, -0.2) is 13.2 Å². The van der Waals surface area contributed by atoms with E-state index in [9.17, 15) is 18.0 Å². The van der Waals surface area contributed by atoms with Crippen LogP contribution in [0.4, 0.5) is 18.9 Å². The summed E-state index contributed by atoms with van der Waals surface area (Å²) in [5.41, 5.74) is -0.429. The zero-order valence-corrected chi connectivity index (χ0v) is 15.7. The Labute approximate surface area is 157 Å². The van der Waals surface area contributed by atoms with Gasteiger partial charge in [0.2, 0.25) is 5.91 Å². The molecule has 0 aliphatic heterocycles. The van der Waals surface area contributed by atoms with Crippen molar-refractivity contribution in [3.8, 4) is 0 Å². The number of amides is 1. The van der Waals surface area contributed by atoms with Crippen LogP contribution < -0.4 is 16.0 Å². The van der Waals surface area contributed by atoms with Crippen LogP contribution in [0.1, 0.15) is 6.42 Å². The van der Waals surface area contributed by atoms with Crippen LogP contribution in [0.3, 0.4) is 0 Å². The quantitative estimate of drug-likeness (QED) is 0.242. The summed E-state index contributed by atoms with van der Waals surface area (Å²) in [4.78, 5) is 17.9. The minimum absolute atomic E-state index is 0.220. The summed E-state index contributed by atoms with van der Waals surface area (Å²) < 4.78 is 44.6. The monoisotopic (exact) mass is 389 g/mol. The Kier molecular flexibility index (Phi) is 10.2. The number of benzene rings is 1. The maximum Gasteiger partial charge on any atom is 0.243 e. The van der Waals surface area contributed by atoms with Crippen molar-refractivity contribution in [2.24, 2.45) is 4.99 Å². The molecule has 0 bridgehead atoms. The number of aliphatic imine (C=N–C) groups is 1. The molecule has 0 unspecified atom stereocenters. The van der Waals surface area contributed by atoms with Crippen LogP contribution in [-0.4, -0.2) is 70.8 Å². The number of nitrogens with zero attached hydrogens (tertiary/aromatic N) is 2. The first-order valence-electron chi connectivity index (χ1n) is 8.44. The zero-order chi connectivity index (χ0) is 20.2. The van der Waals surface area contributed by atoms with E-state index in [1.807, 2.05) is 7.05 Å². The lowest BCUT2D eigenvalue weighted by Crippen LogP contribution is -2.43. The summed E-state index contributed by atoms with van der Waals surface area (Å²) in [7, 11) is 5.19. The summed E-state index contributed by atoms with van der Waals surface area (Å²) in [6.45, 7) is 2.74. The van der Waals surface area contributed by atoms with Crippen molar-refractivity contribution in [2.75, 3.05) is 59.3 Å². The number of nitrogens with one attached hydrogen (secondary N) is 3. The SMILES string of the molecule is CN=C(NCCN(C)CCCOC)NCC(=O)Nc1ccc(F)c(F)c1F. The number of ether oxygens (including phenoxy) is 1. The zero-order valence-electron chi connectivity index (χ0n) is 15.7. The van der Waals surface area contributed by atoms with Crippen molar-refractivity contribution in [3.63, 3.8) is 0 Å². The molecule has 27 heavy (non-hydrogen) atoms. The van der Waals surface area contributed by atoms with Gasteiger partial charge in [0.1, 0.15) is 0 Å². The van der Waals surface area contributed by atoms with Gasteiger partial charge < -0.3 is 25.6 Å². The van der Waals surface area contributed by atoms with E-state index < -0.39 is 29.0 Å². The molecule has 7 nitrogen and oxygen atoms in total. The van der Waals surface area contributed by atoms with Crippen LogP contribution in [-0.2, 0) is 9.53 Å². The molecule has 1 rings (SSSR count). The highest BCUT2D eigenvalue weighted by molar-refractivity contribution is 5.95. The van der Waals surface area contributed by atoms with Crippen LogP contribution in [0.5, 0.6) is 0 Å². The normalized spacial score (nSPS) is 11.6. The lowest BCUT2D eigenvalue weighted by atomic mass is 10.2. The number of methoxy groups -OCH3 is 1. The number of carbonyl (C=O) groups is 1. The van der Waals surface area contributed by atoms with Gasteiger partial charge in [0.15, 0.2) is 23.4 Å². The third-order valence-electron chi connectivity index (χ3n) is 3.62. The van der Waals surface area contributed by atoms with Crippen LogP contribution in [0, 0.1) is 17.5 Å². The molecule has 0 atom stereocenters. The number of carbonyl (C=O) groups excluding carboxylic acids is 1. The molecule has 0 aliphatic carbocycles. The molecule has 1 aromatic rings. The smallest absolute Gasteiger partial charge is 0.243 e. The molecular weight excluding hydrogens is 363 g/mol. The average molecular weight is 389 g/mol. The fourth-order valence-corrected chi connectivity index (χ4v) is 2.16. The van der Waals surface area contributed by atoms with Crippen molar-refractivity contribution < 1.29 is 22.7 Å². The van der Waals surface area contributed by atoms with Gasteiger partial charge in [0, 0.05) is 40.4 Å². The Morgan fingerprint density at radius 1 is 1.19 bits per heavy atom. The Bertz CT molecular complexity index is 643. The first-order chi connectivity index (χ1) is 12.9. The van der Waals surface area contributed by atoms with Crippen molar-refractivity contribution >= 4 is 17.6 Å². The number of halogens is 3. The van der Waals surface area contributed by atoms with Gasteiger partial charge in [-0.05, 0) is 25.6 Å².